The van der Waals surface area contributed by atoms with E-state index in [0.29, 0.717) is 6.54 Å². The zero-order chi connectivity index (χ0) is 8.04. The molecule has 3 heteroatoms. The van der Waals surface area contributed by atoms with Crippen molar-refractivity contribution in [3.8, 4) is 12.3 Å². The summed E-state index contributed by atoms with van der Waals surface area (Å²) < 4.78 is 0.248. The molecule has 1 unspecified atom stereocenters. The van der Waals surface area contributed by atoms with Crippen molar-refractivity contribution >= 4 is 0 Å². The largest absolute Gasteiger partial charge is 0.173 e. The highest BCUT2D eigenvalue weighted by atomic mass is 15.8. The minimum absolute atomic E-state index is 0.248. The van der Waals surface area contributed by atoms with Gasteiger partial charge in [0.25, 0.3) is 0 Å². The SMILES string of the molecule is C#C/C=C\C[N+](C)(N)NC. The lowest BCUT2D eigenvalue weighted by Gasteiger charge is -2.23. The van der Waals surface area contributed by atoms with Gasteiger partial charge in [0.2, 0.25) is 0 Å². The molecule has 1 atom stereocenters. The molecule has 0 aromatic heterocycles. The predicted octanol–water partition coefficient (Wildman–Crippen LogP) is -0.369. The van der Waals surface area contributed by atoms with Crippen LogP contribution in [0.4, 0.5) is 0 Å². The Hall–Kier alpha value is -0.820. The lowest BCUT2D eigenvalue weighted by Crippen LogP contribution is -2.59. The molecule has 0 saturated carbocycles. The topological polar surface area (TPSA) is 38.0 Å². The van der Waals surface area contributed by atoms with Crippen LogP contribution in [-0.2, 0) is 0 Å². The van der Waals surface area contributed by atoms with Crippen LogP contribution in [0.15, 0.2) is 12.2 Å². The number of nitrogens with one attached hydrogen (secondary N) is 1. The zero-order valence-electron chi connectivity index (χ0n) is 6.46. The standard InChI is InChI=1S/C7H14N3/c1-4-5-6-7-10(3,8)9-2/h1,5-6,9H,7-8H2,2-3H3/q+1/b6-5-. The molecule has 3 nitrogen and oxygen atoms in total. The molecule has 0 saturated heterocycles. The summed E-state index contributed by atoms with van der Waals surface area (Å²) in [6.45, 7) is 0.681. The van der Waals surface area contributed by atoms with Gasteiger partial charge in [0.15, 0.2) is 0 Å². The molecule has 56 valence electrons. The second kappa shape index (κ2) is 4.07. The normalized spacial score (nSPS) is 16.6. The molecule has 0 rings (SSSR count). The fraction of sp³-hybridized carbons (Fsp3) is 0.429. The van der Waals surface area contributed by atoms with Crippen LogP contribution in [-0.4, -0.2) is 25.3 Å². The van der Waals surface area contributed by atoms with Gasteiger partial charge in [-0.2, -0.15) is 16.0 Å². The van der Waals surface area contributed by atoms with Gasteiger partial charge in [0.1, 0.15) is 13.6 Å². The third-order valence-corrected chi connectivity index (χ3v) is 1.21. The van der Waals surface area contributed by atoms with Crippen molar-refractivity contribution < 1.29 is 4.70 Å². The van der Waals surface area contributed by atoms with Crippen molar-refractivity contribution in [2.24, 2.45) is 5.84 Å². The number of nitrogens with two attached hydrogens (primary N) is 1. The van der Waals surface area contributed by atoms with E-state index in [2.05, 4.69) is 11.3 Å². The summed E-state index contributed by atoms with van der Waals surface area (Å²) in [5.41, 5.74) is 2.90. The maximum atomic E-state index is 5.66. The number of quaternary nitrogens is 1. The van der Waals surface area contributed by atoms with Crippen molar-refractivity contribution in [3.63, 3.8) is 0 Å². The number of allylic oxidation sites excluding steroid dienone is 1. The van der Waals surface area contributed by atoms with Gasteiger partial charge in [0.05, 0.1) is 0 Å². The van der Waals surface area contributed by atoms with E-state index < -0.39 is 0 Å². The van der Waals surface area contributed by atoms with E-state index in [-0.39, 0.29) is 4.70 Å². The number of hydrogen-bond donors (Lipinski definition) is 2. The first kappa shape index (κ1) is 9.18. The number of nitrogens with zero attached hydrogens (tertiary/aromatic N) is 1. The van der Waals surface area contributed by atoms with Crippen LogP contribution in [0.3, 0.4) is 0 Å². The molecule has 0 aliphatic rings. The van der Waals surface area contributed by atoms with Gasteiger partial charge in [-0.15, -0.1) is 6.42 Å². The summed E-state index contributed by atoms with van der Waals surface area (Å²) in [5, 5.41) is 0. The maximum absolute atomic E-state index is 5.66. The highest BCUT2D eigenvalue weighted by molar-refractivity contribution is 5.08. The molecule has 0 aromatic carbocycles. The quantitative estimate of drug-likeness (QED) is 0.243. The zero-order valence-corrected chi connectivity index (χ0v) is 6.46. The highest BCUT2D eigenvalue weighted by Crippen LogP contribution is 1.83. The molecule has 0 heterocycles. The number of rotatable bonds is 3. The lowest BCUT2D eigenvalue weighted by atomic mass is 10.5. The Morgan fingerprint density at radius 3 is 2.80 bits per heavy atom. The summed E-state index contributed by atoms with van der Waals surface area (Å²) in [4.78, 5) is 0. The fourth-order valence-corrected chi connectivity index (χ4v) is 0.431. The van der Waals surface area contributed by atoms with E-state index in [1.807, 2.05) is 13.1 Å². The molecule has 0 aliphatic heterocycles. The average Bonchev–Trinajstić information content (AvgIpc) is 1.89. The fourth-order valence-electron chi connectivity index (χ4n) is 0.431. The molecule has 3 N–H and O–H groups in total. The van der Waals surface area contributed by atoms with Crippen molar-refractivity contribution in [1.82, 2.24) is 5.43 Å². The highest BCUT2D eigenvalue weighted by Gasteiger charge is 2.08. The number of hydrogen-bond acceptors (Lipinski definition) is 2. The lowest BCUT2D eigenvalue weighted by molar-refractivity contribution is -0.956. The summed E-state index contributed by atoms with van der Waals surface area (Å²) >= 11 is 0. The van der Waals surface area contributed by atoms with Crippen molar-refractivity contribution in [2.75, 3.05) is 20.6 Å². The molecule has 10 heavy (non-hydrogen) atoms. The Bertz CT molecular complexity index is 153. The van der Waals surface area contributed by atoms with E-state index >= 15 is 0 Å². The summed E-state index contributed by atoms with van der Waals surface area (Å²) in [5.74, 6) is 8.05. The Balaban J connectivity index is 3.69. The van der Waals surface area contributed by atoms with Gasteiger partial charge in [-0.3, -0.25) is 0 Å². The molecule has 0 fully saturated rings. The average molecular weight is 140 g/mol. The molecule has 0 radical (unpaired) electrons. The smallest absolute Gasteiger partial charge is 0.134 e. The first-order chi connectivity index (χ1) is 4.62. The van der Waals surface area contributed by atoms with Crippen molar-refractivity contribution in [1.29, 1.82) is 0 Å². The first-order valence-corrected chi connectivity index (χ1v) is 3.06. The van der Waals surface area contributed by atoms with Crippen LogP contribution in [0.25, 0.3) is 0 Å². The molecular weight excluding hydrogens is 126 g/mol. The van der Waals surface area contributed by atoms with Crippen LogP contribution < -0.4 is 11.3 Å². The molecule has 0 amide bonds. The van der Waals surface area contributed by atoms with Crippen LogP contribution in [0, 0.1) is 12.3 Å². The summed E-state index contributed by atoms with van der Waals surface area (Å²) in [7, 11) is 3.64. The molecule has 0 aromatic rings. The van der Waals surface area contributed by atoms with Gasteiger partial charge in [0, 0.05) is 7.05 Å². The maximum Gasteiger partial charge on any atom is 0.134 e. The monoisotopic (exact) mass is 140 g/mol. The third kappa shape index (κ3) is 4.10. The van der Waals surface area contributed by atoms with Gasteiger partial charge in [-0.1, -0.05) is 5.92 Å². The Labute approximate surface area is 62.0 Å². The van der Waals surface area contributed by atoms with Crippen LogP contribution in [0.1, 0.15) is 0 Å². The summed E-state index contributed by atoms with van der Waals surface area (Å²) in [6.07, 6.45) is 8.48. The van der Waals surface area contributed by atoms with Gasteiger partial charge < -0.3 is 0 Å². The van der Waals surface area contributed by atoms with Crippen LogP contribution in [0.2, 0.25) is 0 Å². The van der Waals surface area contributed by atoms with Gasteiger partial charge in [-0.25, -0.2) is 0 Å². The van der Waals surface area contributed by atoms with E-state index in [4.69, 9.17) is 12.3 Å². The van der Waals surface area contributed by atoms with E-state index in [0.717, 1.165) is 0 Å². The second-order valence-corrected chi connectivity index (χ2v) is 2.24. The van der Waals surface area contributed by atoms with Crippen molar-refractivity contribution in [2.45, 2.75) is 0 Å². The molecule has 0 aliphatic carbocycles. The van der Waals surface area contributed by atoms with Gasteiger partial charge in [-0.05, 0) is 12.2 Å². The van der Waals surface area contributed by atoms with Crippen LogP contribution >= 0.6 is 0 Å². The second-order valence-electron chi connectivity index (χ2n) is 2.24. The predicted molar refractivity (Wildman–Crippen MR) is 42.3 cm³/mol. The Kier molecular flexibility index (Phi) is 3.74. The Morgan fingerprint density at radius 1 is 1.80 bits per heavy atom. The molecule has 0 bridgehead atoms. The molecular formula is C7H14N3+. The van der Waals surface area contributed by atoms with E-state index in [1.54, 1.807) is 13.1 Å². The minimum atomic E-state index is 0.248. The van der Waals surface area contributed by atoms with Crippen molar-refractivity contribution in [3.05, 3.63) is 12.2 Å². The number of likely N-dealkylation sites (N-methyl/N-ethyl adjacent to an activating group) is 1. The van der Waals surface area contributed by atoms with E-state index in [9.17, 15) is 0 Å². The van der Waals surface area contributed by atoms with Crippen LogP contribution in [0.5, 0.6) is 0 Å². The first-order valence-electron chi connectivity index (χ1n) is 3.06. The van der Waals surface area contributed by atoms with E-state index in [1.165, 1.54) is 0 Å². The summed E-state index contributed by atoms with van der Waals surface area (Å²) in [6, 6.07) is 0. The molecule has 0 spiro atoms. The minimum Gasteiger partial charge on any atom is -0.173 e. The Morgan fingerprint density at radius 2 is 2.40 bits per heavy atom. The third-order valence-electron chi connectivity index (χ3n) is 1.21. The van der Waals surface area contributed by atoms with Gasteiger partial charge >= 0.3 is 0 Å². The number of terminal acetylenes is 1.